The molecule has 0 fully saturated rings. The molecule has 0 saturated carbocycles. The van der Waals surface area contributed by atoms with Crippen LogP contribution in [0.2, 0.25) is 0 Å². The van der Waals surface area contributed by atoms with Crippen molar-refractivity contribution in [3.05, 3.63) is 305 Å². The summed E-state index contributed by atoms with van der Waals surface area (Å²) in [5.41, 5.74) is 24.0. The molecule has 0 aliphatic heterocycles. The molecule has 0 aliphatic rings. The summed E-state index contributed by atoms with van der Waals surface area (Å²) < 4.78 is 0. The second kappa shape index (κ2) is 30.7. The summed E-state index contributed by atoms with van der Waals surface area (Å²) in [5, 5.41) is 5.27. The van der Waals surface area contributed by atoms with Crippen LogP contribution in [0.1, 0.15) is 136 Å². The van der Waals surface area contributed by atoms with Gasteiger partial charge in [0.25, 0.3) is 0 Å². The number of hydrogen-bond acceptors (Lipinski definition) is 0. The molecule has 0 amide bonds. The first kappa shape index (κ1) is 62.3. The van der Waals surface area contributed by atoms with Gasteiger partial charge >= 0.3 is 0 Å². The van der Waals surface area contributed by atoms with Crippen LogP contribution in [-0.2, 0) is 0 Å². The number of benzene rings is 11. The zero-order chi connectivity index (χ0) is 59.4. The smallest absolute Gasteiger partial charge is 0.00758 e. The van der Waals surface area contributed by atoms with Crippen LogP contribution in [0.5, 0.6) is 0 Å². The lowest BCUT2D eigenvalue weighted by Crippen LogP contribution is -2.09. The van der Waals surface area contributed by atoms with Gasteiger partial charge in [0.2, 0.25) is 0 Å². The van der Waals surface area contributed by atoms with E-state index in [9.17, 15) is 0 Å². The highest BCUT2D eigenvalue weighted by molar-refractivity contribution is 6.11. The highest BCUT2D eigenvalue weighted by atomic mass is 14.2. The molecule has 3 unspecified atom stereocenters. The number of rotatable bonds is 11. The Morgan fingerprint density at radius 1 is 0.373 bits per heavy atom. The Bertz CT molecular complexity index is 3740. The second-order valence-corrected chi connectivity index (χ2v) is 23.1. The zero-order valence-electron chi connectivity index (χ0n) is 52.1. The summed E-state index contributed by atoms with van der Waals surface area (Å²) >= 11 is 0. The normalized spacial score (nSPS) is 11.8. The maximum absolute atomic E-state index is 4.16. The maximum Gasteiger partial charge on any atom is -0.00758 e. The average molecular weight is 1090 g/mol. The van der Waals surface area contributed by atoms with E-state index < -0.39 is 0 Å². The van der Waals surface area contributed by atoms with E-state index in [-0.39, 0.29) is 0 Å². The molecule has 0 bridgehead atoms. The van der Waals surface area contributed by atoms with Gasteiger partial charge < -0.3 is 0 Å². The lowest BCUT2D eigenvalue weighted by atomic mass is 9.81. The Morgan fingerprint density at radius 3 is 1.27 bits per heavy atom. The standard InChI is InChI=1S/C24H26.C19H16.C19H24.C18H16.C3H8/c1-16(2)24-19(5)22(20-12-8-6-10-17(20)3)14-15-23(24)21-13-9-7-11-18(21)4;1-15-7-5-10-17(13-15)19-12-6-11-18(14-19)16-8-3-2-4-9-16;1-15(17(3)19-12-8-5-9-13-19)14-16(2)18-10-6-4-7-11-18;1-12(2)18-16-10-6-4-8-14(16)13(3)15-9-5-7-11-17(15)18;1-3-2/h6-16H,1-5H3;2-14H,1H3;4-13,15-17H,14H2,1-3H3;4-11H,1H2,2-3H3;3H2,1-2H3. The molecule has 83 heavy (non-hydrogen) atoms. The van der Waals surface area contributed by atoms with Crippen molar-refractivity contribution < 1.29 is 0 Å². The first-order valence-electron chi connectivity index (χ1n) is 30.3. The van der Waals surface area contributed by atoms with Gasteiger partial charge in [0.1, 0.15) is 0 Å². The molecule has 0 heterocycles. The Kier molecular flexibility index (Phi) is 23.0. The van der Waals surface area contributed by atoms with Crippen LogP contribution in [0, 0.1) is 40.5 Å². The fourth-order valence-electron chi connectivity index (χ4n) is 11.7. The van der Waals surface area contributed by atoms with Gasteiger partial charge in [-0.25, -0.2) is 0 Å². The lowest BCUT2D eigenvalue weighted by molar-refractivity contribution is 0.421. The van der Waals surface area contributed by atoms with Crippen molar-refractivity contribution in [3.8, 4) is 44.5 Å². The molecule has 0 aliphatic carbocycles. The van der Waals surface area contributed by atoms with Gasteiger partial charge in [-0.2, -0.15) is 0 Å². The van der Waals surface area contributed by atoms with E-state index in [1.54, 1.807) is 0 Å². The van der Waals surface area contributed by atoms with Gasteiger partial charge in [-0.05, 0) is 194 Å². The van der Waals surface area contributed by atoms with Crippen LogP contribution in [0.25, 0.3) is 71.6 Å². The maximum atomic E-state index is 4.16. The van der Waals surface area contributed by atoms with Crippen molar-refractivity contribution in [2.75, 3.05) is 0 Å². The molecule has 0 heteroatoms. The van der Waals surface area contributed by atoms with Crippen molar-refractivity contribution in [2.24, 2.45) is 5.92 Å². The molecule has 0 N–H and O–H groups in total. The summed E-state index contributed by atoms with van der Waals surface area (Å²) in [6.45, 7) is 33.1. The molecule has 11 aromatic rings. The predicted molar refractivity (Wildman–Crippen MR) is 368 cm³/mol. The summed E-state index contributed by atoms with van der Waals surface area (Å²) in [6, 6.07) is 88.7. The summed E-state index contributed by atoms with van der Waals surface area (Å²) in [4.78, 5) is 0. The van der Waals surface area contributed by atoms with E-state index in [1.807, 2.05) is 6.07 Å². The molecule has 422 valence electrons. The highest BCUT2D eigenvalue weighted by Crippen LogP contribution is 2.40. The quantitative estimate of drug-likeness (QED) is 0.113. The van der Waals surface area contributed by atoms with Crippen LogP contribution in [0.15, 0.2) is 255 Å². The summed E-state index contributed by atoms with van der Waals surface area (Å²) in [7, 11) is 0. The highest BCUT2D eigenvalue weighted by Gasteiger charge is 2.19. The summed E-state index contributed by atoms with van der Waals surface area (Å²) in [6.07, 6.45) is 2.49. The molecule has 11 aromatic carbocycles. The van der Waals surface area contributed by atoms with Crippen molar-refractivity contribution in [1.29, 1.82) is 0 Å². The van der Waals surface area contributed by atoms with Gasteiger partial charge in [0.15, 0.2) is 0 Å². The van der Waals surface area contributed by atoms with E-state index in [0.29, 0.717) is 23.7 Å². The molecular weight excluding hydrogens is 997 g/mol. The van der Waals surface area contributed by atoms with Gasteiger partial charge in [0.05, 0.1) is 0 Å². The van der Waals surface area contributed by atoms with Crippen molar-refractivity contribution in [1.82, 2.24) is 0 Å². The number of allylic oxidation sites excluding steroid dienone is 1. The molecule has 0 aromatic heterocycles. The van der Waals surface area contributed by atoms with Crippen molar-refractivity contribution >= 4 is 27.1 Å². The van der Waals surface area contributed by atoms with Gasteiger partial charge in [-0.3, -0.25) is 0 Å². The molecule has 0 radical (unpaired) electrons. The van der Waals surface area contributed by atoms with E-state index in [0.717, 1.165) is 5.57 Å². The third-order valence-corrected chi connectivity index (χ3v) is 16.2. The third kappa shape index (κ3) is 16.2. The Balaban J connectivity index is 0.000000157. The minimum absolute atomic E-state index is 0.489. The van der Waals surface area contributed by atoms with Gasteiger partial charge in [-0.1, -0.05) is 310 Å². The lowest BCUT2D eigenvalue weighted by Gasteiger charge is -2.24. The Morgan fingerprint density at radius 2 is 0.771 bits per heavy atom. The minimum atomic E-state index is 0.489. The van der Waals surface area contributed by atoms with E-state index in [1.165, 1.54) is 129 Å². The van der Waals surface area contributed by atoms with E-state index in [2.05, 4.69) is 339 Å². The predicted octanol–water partition coefficient (Wildman–Crippen LogP) is 24.8. The van der Waals surface area contributed by atoms with Crippen LogP contribution >= 0.6 is 0 Å². The third-order valence-electron chi connectivity index (χ3n) is 16.2. The van der Waals surface area contributed by atoms with Crippen molar-refractivity contribution in [2.45, 2.75) is 121 Å². The number of hydrogen-bond donors (Lipinski definition) is 0. The minimum Gasteiger partial charge on any atom is -0.0955 e. The van der Waals surface area contributed by atoms with Crippen LogP contribution in [0.3, 0.4) is 0 Å². The van der Waals surface area contributed by atoms with Crippen LogP contribution < -0.4 is 0 Å². The fraction of sp³-hybridized carbons (Fsp3) is 0.229. The topological polar surface area (TPSA) is 0 Å². The average Bonchev–Trinajstić information content (AvgIpc) is 3.71. The van der Waals surface area contributed by atoms with E-state index >= 15 is 0 Å². The molecule has 11 rings (SSSR count). The fourth-order valence-corrected chi connectivity index (χ4v) is 11.7. The summed E-state index contributed by atoms with van der Waals surface area (Å²) in [5.74, 6) is 2.43. The Hall–Kier alpha value is -8.32. The molecule has 3 atom stereocenters. The molecule has 0 nitrogen and oxygen atoms in total. The second-order valence-electron chi connectivity index (χ2n) is 23.1. The molecular formula is C83H90. The largest absolute Gasteiger partial charge is 0.0955 e. The van der Waals surface area contributed by atoms with Gasteiger partial charge in [0, 0.05) is 0 Å². The van der Waals surface area contributed by atoms with Crippen molar-refractivity contribution in [3.63, 3.8) is 0 Å². The zero-order valence-corrected chi connectivity index (χ0v) is 52.1. The SMILES string of the molecule is C=C(C)c1c2ccccc2c(C)c2ccccc12.CC(CC(C)C(C)c1ccccc1)c1ccccc1.CCC.Cc1cccc(-c2cccc(-c3ccccc3)c2)c1.Cc1ccccc1-c1ccc(-c2ccccc2C)c(C(C)C)c1C. The first-order valence-corrected chi connectivity index (χ1v) is 30.3. The number of aryl methyl sites for hydroxylation is 4. The molecule has 0 spiro atoms. The number of fused-ring (bicyclic) bond motifs is 2. The van der Waals surface area contributed by atoms with Crippen LogP contribution in [0.4, 0.5) is 0 Å². The van der Waals surface area contributed by atoms with E-state index in [4.69, 9.17) is 0 Å². The van der Waals surface area contributed by atoms with Gasteiger partial charge in [-0.15, -0.1) is 0 Å². The Labute approximate surface area is 500 Å². The first-order chi connectivity index (χ1) is 40.1. The molecule has 0 saturated heterocycles. The monoisotopic (exact) mass is 1090 g/mol. The van der Waals surface area contributed by atoms with Crippen LogP contribution in [-0.4, -0.2) is 0 Å².